The number of nitrogens with one attached hydrogen (secondary N) is 1. The third kappa shape index (κ3) is 3.55. The largest absolute Gasteiger partial charge is 0.467 e. The lowest BCUT2D eigenvalue weighted by Gasteiger charge is -2.37. The molecule has 1 heterocycles. The van der Waals surface area contributed by atoms with Gasteiger partial charge in [0.2, 0.25) is 0 Å². The average molecular weight is 342 g/mol. The van der Waals surface area contributed by atoms with Crippen LogP contribution in [0.25, 0.3) is 5.69 Å². The molecule has 0 spiro atoms. The first-order valence-electron chi connectivity index (χ1n) is 8.43. The van der Waals surface area contributed by atoms with Gasteiger partial charge < -0.3 is 10.1 Å². The van der Waals surface area contributed by atoms with Crippen LogP contribution in [-0.2, 0) is 9.53 Å². The van der Waals surface area contributed by atoms with E-state index in [4.69, 9.17) is 4.74 Å². The number of esters is 1. The van der Waals surface area contributed by atoms with Crippen LogP contribution in [-0.4, -0.2) is 39.5 Å². The first-order chi connectivity index (χ1) is 12.0. The Hall–Kier alpha value is -2.70. The van der Waals surface area contributed by atoms with E-state index in [0.717, 1.165) is 18.5 Å². The van der Waals surface area contributed by atoms with Crippen molar-refractivity contribution in [2.24, 2.45) is 5.92 Å². The fourth-order valence-corrected chi connectivity index (χ4v) is 3.16. The molecule has 132 valence electrons. The van der Waals surface area contributed by atoms with Crippen molar-refractivity contribution in [2.45, 2.75) is 38.1 Å². The van der Waals surface area contributed by atoms with Gasteiger partial charge in [0.25, 0.3) is 5.91 Å². The SMILES string of the molecule is COC(=O)C1(NC(=O)c2cnn(-c3ccccc3)n2)CCC(C)CC1. The second kappa shape index (κ2) is 7.04. The Labute approximate surface area is 146 Å². The molecule has 7 nitrogen and oxygen atoms in total. The van der Waals surface area contributed by atoms with Gasteiger partial charge in [0, 0.05) is 0 Å². The van der Waals surface area contributed by atoms with Gasteiger partial charge in [0.05, 0.1) is 19.0 Å². The quantitative estimate of drug-likeness (QED) is 0.860. The van der Waals surface area contributed by atoms with Crippen LogP contribution in [0.4, 0.5) is 0 Å². The maximum atomic E-state index is 12.6. The molecule has 1 N–H and O–H groups in total. The predicted octanol–water partition coefficient (Wildman–Crippen LogP) is 2.12. The first-order valence-corrected chi connectivity index (χ1v) is 8.43. The normalized spacial score (nSPS) is 23.0. The van der Waals surface area contributed by atoms with Gasteiger partial charge in [-0.3, -0.25) is 4.79 Å². The number of benzene rings is 1. The standard InChI is InChI=1S/C18H22N4O3/c1-13-8-10-18(11-9-13,17(24)25-2)20-16(23)15-12-19-22(21-15)14-6-4-3-5-7-14/h3-7,12-13H,8-11H2,1-2H3,(H,20,23). The van der Waals surface area contributed by atoms with Gasteiger partial charge >= 0.3 is 5.97 Å². The molecule has 0 saturated heterocycles. The molecular weight excluding hydrogens is 320 g/mol. The van der Waals surface area contributed by atoms with Crippen LogP contribution >= 0.6 is 0 Å². The topological polar surface area (TPSA) is 86.1 Å². The van der Waals surface area contributed by atoms with E-state index in [1.165, 1.54) is 18.1 Å². The summed E-state index contributed by atoms with van der Waals surface area (Å²) < 4.78 is 4.94. The summed E-state index contributed by atoms with van der Waals surface area (Å²) >= 11 is 0. The molecule has 0 radical (unpaired) electrons. The van der Waals surface area contributed by atoms with Gasteiger partial charge in [0.15, 0.2) is 5.69 Å². The maximum absolute atomic E-state index is 12.6. The molecule has 1 fully saturated rings. The smallest absolute Gasteiger partial charge is 0.331 e. The molecule has 1 aliphatic carbocycles. The van der Waals surface area contributed by atoms with Crippen molar-refractivity contribution in [3.05, 3.63) is 42.2 Å². The molecule has 0 bridgehead atoms. The molecule has 1 saturated carbocycles. The van der Waals surface area contributed by atoms with E-state index < -0.39 is 17.4 Å². The molecule has 3 rings (SSSR count). The molecule has 2 aromatic rings. The lowest BCUT2D eigenvalue weighted by Crippen LogP contribution is -2.56. The predicted molar refractivity (Wildman–Crippen MR) is 91.2 cm³/mol. The van der Waals surface area contributed by atoms with Crippen molar-refractivity contribution in [3.63, 3.8) is 0 Å². The van der Waals surface area contributed by atoms with Crippen LogP contribution in [0.3, 0.4) is 0 Å². The summed E-state index contributed by atoms with van der Waals surface area (Å²) in [5, 5.41) is 11.2. The van der Waals surface area contributed by atoms with Crippen molar-refractivity contribution in [3.8, 4) is 5.69 Å². The van der Waals surface area contributed by atoms with E-state index >= 15 is 0 Å². The summed E-state index contributed by atoms with van der Waals surface area (Å²) in [4.78, 5) is 26.3. The molecule has 0 atom stereocenters. The number of ether oxygens (including phenoxy) is 1. The number of para-hydroxylation sites is 1. The lowest BCUT2D eigenvalue weighted by atomic mass is 9.77. The number of amides is 1. The number of nitrogens with zero attached hydrogens (tertiary/aromatic N) is 3. The minimum Gasteiger partial charge on any atom is -0.467 e. The Balaban J connectivity index is 1.78. The third-order valence-electron chi connectivity index (χ3n) is 4.77. The fourth-order valence-electron chi connectivity index (χ4n) is 3.16. The molecule has 1 aromatic heterocycles. The summed E-state index contributed by atoms with van der Waals surface area (Å²) in [6, 6.07) is 9.33. The molecule has 0 unspecified atom stereocenters. The fraction of sp³-hybridized carbons (Fsp3) is 0.444. The van der Waals surface area contributed by atoms with Gasteiger partial charge in [-0.1, -0.05) is 25.1 Å². The van der Waals surface area contributed by atoms with Crippen LogP contribution in [0.15, 0.2) is 36.5 Å². The molecule has 0 aliphatic heterocycles. The molecule has 1 amide bonds. The van der Waals surface area contributed by atoms with Crippen molar-refractivity contribution in [1.82, 2.24) is 20.3 Å². The van der Waals surface area contributed by atoms with Crippen molar-refractivity contribution in [1.29, 1.82) is 0 Å². The summed E-state index contributed by atoms with van der Waals surface area (Å²) in [7, 11) is 1.35. The molecule has 25 heavy (non-hydrogen) atoms. The molecule has 7 heteroatoms. The number of rotatable bonds is 4. The van der Waals surface area contributed by atoms with E-state index in [9.17, 15) is 9.59 Å². The van der Waals surface area contributed by atoms with Crippen LogP contribution in [0.5, 0.6) is 0 Å². The van der Waals surface area contributed by atoms with Gasteiger partial charge in [-0.05, 0) is 43.7 Å². The van der Waals surface area contributed by atoms with E-state index in [0.29, 0.717) is 18.8 Å². The van der Waals surface area contributed by atoms with E-state index in [1.807, 2.05) is 30.3 Å². The van der Waals surface area contributed by atoms with Gasteiger partial charge in [-0.15, -0.1) is 5.10 Å². The van der Waals surface area contributed by atoms with Crippen molar-refractivity contribution >= 4 is 11.9 Å². The highest BCUT2D eigenvalue weighted by Gasteiger charge is 2.43. The Morgan fingerprint density at radius 1 is 1.24 bits per heavy atom. The summed E-state index contributed by atoms with van der Waals surface area (Å²) in [6.07, 6.45) is 4.27. The zero-order valence-electron chi connectivity index (χ0n) is 14.4. The van der Waals surface area contributed by atoms with E-state index in [-0.39, 0.29) is 5.69 Å². The number of methoxy groups -OCH3 is 1. The van der Waals surface area contributed by atoms with Crippen LogP contribution in [0.2, 0.25) is 0 Å². The van der Waals surface area contributed by atoms with Crippen LogP contribution in [0.1, 0.15) is 43.1 Å². The van der Waals surface area contributed by atoms with Crippen molar-refractivity contribution < 1.29 is 14.3 Å². The number of aromatic nitrogens is 3. The zero-order chi connectivity index (χ0) is 17.9. The first kappa shape index (κ1) is 17.1. The number of carbonyl (C=O) groups excluding carboxylic acids is 2. The molecule has 1 aromatic carbocycles. The summed E-state index contributed by atoms with van der Waals surface area (Å²) in [5.41, 5.74) is -0.0454. The minimum absolute atomic E-state index is 0.172. The Morgan fingerprint density at radius 3 is 2.56 bits per heavy atom. The monoisotopic (exact) mass is 342 g/mol. The van der Waals surface area contributed by atoms with Gasteiger partial charge in [-0.2, -0.15) is 9.90 Å². The van der Waals surface area contributed by atoms with Crippen LogP contribution < -0.4 is 5.32 Å². The highest BCUT2D eigenvalue weighted by molar-refractivity contribution is 5.96. The average Bonchev–Trinajstić information content (AvgIpc) is 3.14. The van der Waals surface area contributed by atoms with Crippen LogP contribution in [0, 0.1) is 5.92 Å². The highest BCUT2D eigenvalue weighted by Crippen LogP contribution is 2.33. The molecule has 1 aliphatic rings. The minimum atomic E-state index is -0.977. The Morgan fingerprint density at radius 2 is 1.92 bits per heavy atom. The second-order valence-electron chi connectivity index (χ2n) is 6.57. The summed E-state index contributed by atoms with van der Waals surface area (Å²) in [6.45, 7) is 2.15. The number of carbonyl (C=O) groups is 2. The third-order valence-corrected chi connectivity index (χ3v) is 4.77. The van der Waals surface area contributed by atoms with E-state index in [1.54, 1.807) is 0 Å². The highest BCUT2D eigenvalue weighted by atomic mass is 16.5. The second-order valence-corrected chi connectivity index (χ2v) is 6.57. The summed E-state index contributed by atoms with van der Waals surface area (Å²) in [5.74, 6) is -0.279. The van der Waals surface area contributed by atoms with E-state index in [2.05, 4.69) is 22.4 Å². The maximum Gasteiger partial charge on any atom is 0.331 e. The number of hydrogen-bond acceptors (Lipinski definition) is 5. The number of hydrogen-bond donors (Lipinski definition) is 1. The van der Waals surface area contributed by atoms with Crippen molar-refractivity contribution in [2.75, 3.05) is 7.11 Å². The molecular formula is C18H22N4O3. The van der Waals surface area contributed by atoms with Gasteiger partial charge in [-0.25, -0.2) is 4.79 Å². The Bertz CT molecular complexity index is 749. The Kier molecular flexibility index (Phi) is 4.83. The zero-order valence-corrected chi connectivity index (χ0v) is 14.4. The van der Waals surface area contributed by atoms with Gasteiger partial charge in [0.1, 0.15) is 5.54 Å². The lowest BCUT2D eigenvalue weighted by molar-refractivity contribution is -0.150.